The largest absolute Gasteiger partial charge is 0.493 e. The predicted octanol–water partition coefficient (Wildman–Crippen LogP) is 4.37. The van der Waals surface area contributed by atoms with Crippen LogP contribution in [0.15, 0.2) is 76.8 Å². The minimum Gasteiger partial charge on any atom is -0.493 e. The lowest BCUT2D eigenvalue weighted by Gasteiger charge is -2.16. The van der Waals surface area contributed by atoms with Gasteiger partial charge in [-0.15, -0.1) is 0 Å². The Morgan fingerprint density at radius 2 is 1.43 bits per heavy atom. The molecule has 3 aromatic rings. The number of halogens is 1. The van der Waals surface area contributed by atoms with Crippen LogP contribution in [0.4, 0.5) is 4.79 Å². The SMILES string of the molecule is COc1cc(COc2ccc(Br)cc2C=C2C(=O)NC(=O)NC2=O)ccc1OCc1ccccc1. The maximum absolute atomic E-state index is 12.1. The Balaban J connectivity index is 1.49. The van der Waals surface area contributed by atoms with E-state index in [0.717, 1.165) is 15.6 Å². The molecule has 0 unspecified atom stereocenters. The van der Waals surface area contributed by atoms with Crippen LogP contribution >= 0.6 is 15.9 Å². The van der Waals surface area contributed by atoms with E-state index in [1.54, 1.807) is 25.3 Å². The monoisotopic (exact) mass is 536 g/mol. The van der Waals surface area contributed by atoms with Gasteiger partial charge in [-0.1, -0.05) is 52.3 Å². The van der Waals surface area contributed by atoms with Gasteiger partial charge in [0.05, 0.1) is 7.11 Å². The number of methoxy groups -OCH3 is 1. The standard InChI is InChI=1S/C26H21BrN2O6/c1-33-23-11-17(7-9-22(23)35-14-16-5-3-2-4-6-16)15-34-21-10-8-19(27)12-18(21)13-20-24(30)28-26(32)29-25(20)31/h2-13H,14-15H2,1H3,(H2,28,29,30,31,32). The van der Waals surface area contributed by atoms with Gasteiger partial charge >= 0.3 is 6.03 Å². The van der Waals surface area contributed by atoms with Crippen LogP contribution in [0.25, 0.3) is 6.08 Å². The van der Waals surface area contributed by atoms with Gasteiger partial charge in [-0.2, -0.15) is 0 Å². The molecule has 3 aromatic carbocycles. The summed E-state index contributed by atoms with van der Waals surface area (Å²) < 4.78 is 18.1. The molecule has 1 fully saturated rings. The van der Waals surface area contributed by atoms with Crippen molar-refractivity contribution in [1.82, 2.24) is 10.6 Å². The third-order valence-electron chi connectivity index (χ3n) is 5.07. The van der Waals surface area contributed by atoms with Gasteiger partial charge in [0.15, 0.2) is 11.5 Å². The van der Waals surface area contributed by atoms with Crippen LogP contribution in [-0.4, -0.2) is 25.0 Å². The van der Waals surface area contributed by atoms with Crippen molar-refractivity contribution in [3.05, 3.63) is 93.5 Å². The Hall–Kier alpha value is -4.11. The molecule has 0 radical (unpaired) electrons. The van der Waals surface area contributed by atoms with Crippen LogP contribution < -0.4 is 24.8 Å². The second kappa shape index (κ2) is 10.9. The fraction of sp³-hybridized carbons (Fsp3) is 0.115. The molecule has 35 heavy (non-hydrogen) atoms. The Bertz CT molecular complexity index is 1280. The molecule has 9 heteroatoms. The zero-order valence-corrected chi connectivity index (χ0v) is 20.3. The fourth-order valence-electron chi connectivity index (χ4n) is 3.34. The highest BCUT2D eigenvalue weighted by atomic mass is 79.9. The van der Waals surface area contributed by atoms with Gasteiger partial charge in [0, 0.05) is 10.0 Å². The maximum Gasteiger partial charge on any atom is 0.328 e. The number of benzene rings is 3. The molecule has 2 N–H and O–H groups in total. The van der Waals surface area contributed by atoms with E-state index < -0.39 is 17.8 Å². The summed E-state index contributed by atoms with van der Waals surface area (Å²) in [6.07, 6.45) is 1.37. The molecule has 0 atom stereocenters. The van der Waals surface area contributed by atoms with Gasteiger partial charge in [0.2, 0.25) is 0 Å². The summed E-state index contributed by atoms with van der Waals surface area (Å²) in [6, 6.07) is 19.7. The molecule has 4 rings (SSSR count). The molecule has 0 spiro atoms. The quantitative estimate of drug-likeness (QED) is 0.327. The molecule has 0 bridgehead atoms. The Morgan fingerprint density at radius 3 is 2.14 bits per heavy atom. The molecule has 1 aliphatic rings. The molecule has 0 aliphatic carbocycles. The molecule has 1 heterocycles. The third kappa shape index (κ3) is 6.07. The van der Waals surface area contributed by atoms with E-state index in [1.807, 2.05) is 48.5 Å². The summed E-state index contributed by atoms with van der Waals surface area (Å²) in [6.45, 7) is 0.612. The van der Waals surface area contributed by atoms with E-state index in [0.29, 0.717) is 29.4 Å². The lowest BCUT2D eigenvalue weighted by Crippen LogP contribution is -2.51. The number of carbonyl (C=O) groups is 3. The molecule has 1 saturated heterocycles. The van der Waals surface area contributed by atoms with Crippen LogP contribution in [0, 0.1) is 0 Å². The number of hydrogen-bond acceptors (Lipinski definition) is 6. The van der Waals surface area contributed by atoms with Gasteiger partial charge in [-0.05, 0) is 47.5 Å². The number of ether oxygens (including phenoxy) is 3. The molecule has 1 aliphatic heterocycles. The molecular weight excluding hydrogens is 516 g/mol. The predicted molar refractivity (Wildman–Crippen MR) is 132 cm³/mol. The first-order valence-electron chi connectivity index (χ1n) is 10.6. The fourth-order valence-corrected chi connectivity index (χ4v) is 3.72. The van der Waals surface area contributed by atoms with Gasteiger partial charge in [-0.25, -0.2) is 4.79 Å². The Morgan fingerprint density at radius 1 is 0.771 bits per heavy atom. The highest BCUT2D eigenvalue weighted by molar-refractivity contribution is 9.10. The lowest BCUT2D eigenvalue weighted by molar-refractivity contribution is -0.123. The van der Waals surface area contributed by atoms with Gasteiger partial charge in [0.1, 0.15) is 24.5 Å². The first-order valence-corrected chi connectivity index (χ1v) is 11.4. The van der Waals surface area contributed by atoms with Crippen molar-refractivity contribution in [2.45, 2.75) is 13.2 Å². The van der Waals surface area contributed by atoms with Crippen LogP contribution in [-0.2, 0) is 22.8 Å². The van der Waals surface area contributed by atoms with Crippen LogP contribution in [0.5, 0.6) is 17.2 Å². The maximum atomic E-state index is 12.1. The van der Waals surface area contributed by atoms with Crippen molar-refractivity contribution in [2.24, 2.45) is 0 Å². The third-order valence-corrected chi connectivity index (χ3v) is 5.57. The zero-order chi connectivity index (χ0) is 24.8. The van der Waals surface area contributed by atoms with Gasteiger partial charge in [0.25, 0.3) is 11.8 Å². The normalized spacial score (nSPS) is 13.1. The first-order chi connectivity index (χ1) is 16.9. The van der Waals surface area contributed by atoms with Gasteiger partial charge in [-0.3, -0.25) is 20.2 Å². The molecule has 0 saturated carbocycles. The summed E-state index contributed by atoms with van der Waals surface area (Å²) in [5, 5.41) is 4.11. The van der Waals surface area contributed by atoms with Crippen molar-refractivity contribution >= 4 is 39.9 Å². The highest BCUT2D eigenvalue weighted by Crippen LogP contribution is 2.31. The molecule has 178 valence electrons. The number of imide groups is 2. The minimum absolute atomic E-state index is 0.198. The van der Waals surface area contributed by atoms with Gasteiger partial charge < -0.3 is 14.2 Å². The number of hydrogen-bond donors (Lipinski definition) is 2. The van der Waals surface area contributed by atoms with Crippen LogP contribution in [0.1, 0.15) is 16.7 Å². The Kier molecular flexibility index (Phi) is 7.47. The Labute approximate surface area is 210 Å². The van der Waals surface area contributed by atoms with Crippen LogP contribution in [0.3, 0.4) is 0 Å². The summed E-state index contributed by atoms with van der Waals surface area (Å²) in [5.74, 6) is 0.0704. The lowest BCUT2D eigenvalue weighted by atomic mass is 10.1. The van der Waals surface area contributed by atoms with E-state index in [4.69, 9.17) is 14.2 Å². The molecule has 0 aromatic heterocycles. The second-order valence-corrected chi connectivity index (χ2v) is 8.44. The average molecular weight is 537 g/mol. The first kappa shape index (κ1) is 24.0. The molecular formula is C26H21BrN2O6. The van der Waals surface area contributed by atoms with E-state index in [1.165, 1.54) is 6.08 Å². The van der Waals surface area contributed by atoms with E-state index >= 15 is 0 Å². The number of nitrogens with one attached hydrogen (secondary N) is 2. The van der Waals surface area contributed by atoms with Crippen molar-refractivity contribution < 1.29 is 28.6 Å². The number of barbiturate groups is 1. The van der Waals surface area contributed by atoms with E-state index in [9.17, 15) is 14.4 Å². The number of rotatable bonds is 8. The van der Waals surface area contributed by atoms with Crippen molar-refractivity contribution in [2.75, 3.05) is 7.11 Å². The number of amides is 4. The summed E-state index contributed by atoms with van der Waals surface area (Å²) in [4.78, 5) is 35.5. The smallest absolute Gasteiger partial charge is 0.328 e. The van der Waals surface area contributed by atoms with Crippen molar-refractivity contribution in [3.8, 4) is 17.2 Å². The van der Waals surface area contributed by atoms with E-state index in [2.05, 4.69) is 26.6 Å². The summed E-state index contributed by atoms with van der Waals surface area (Å²) in [5.41, 5.74) is 2.16. The van der Waals surface area contributed by atoms with Crippen molar-refractivity contribution in [1.29, 1.82) is 0 Å². The topological polar surface area (TPSA) is 103 Å². The minimum atomic E-state index is -0.854. The molecule has 4 amide bonds. The second-order valence-electron chi connectivity index (χ2n) is 7.53. The molecule has 8 nitrogen and oxygen atoms in total. The summed E-state index contributed by atoms with van der Waals surface area (Å²) in [7, 11) is 1.57. The number of urea groups is 1. The van der Waals surface area contributed by atoms with Crippen molar-refractivity contribution in [3.63, 3.8) is 0 Å². The number of carbonyl (C=O) groups excluding carboxylic acids is 3. The average Bonchev–Trinajstić information content (AvgIpc) is 2.85. The summed E-state index contributed by atoms with van der Waals surface area (Å²) >= 11 is 3.38. The zero-order valence-electron chi connectivity index (χ0n) is 18.7. The highest BCUT2D eigenvalue weighted by Gasteiger charge is 2.28. The van der Waals surface area contributed by atoms with Crippen LogP contribution in [0.2, 0.25) is 0 Å². The van der Waals surface area contributed by atoms with E-state index in [-0.39, 0.29) is 12.2 Å².